The maximum absolute atomic E-state index is 10.9. The second-order valence-corrected chi connectivity index (χ2v) is 4.72. The zero-order chi connectivity index (χ0) is 11.2. The van der Waals surface area contributed by atoms with Crippen LogP contribution in [-0.2, 0) is 10.1 Å². The minimum atomic E-state index is -4.21. The Labute approximate surface area is 86.3 Å². The predicted molar refractivity (Wildman–Crippen MR) is 51.0 cm³/mol. The summed E-state index contributed by atoms with van der Waals surface area (Å²) in [5, 5.41) is -0.260. The van der Waals surface area contributed by atoms with E-state index in [-0.39, 0.29) is 5.03 Å². The minimum Gasteiger partial charge on any atom is -0.280 e. The van der Waals surface area contributed by atoms with Gasteiger partial charge in [0.25, 0.3) is 5.03 Å². The maximum Gasteiger partial charge on any atom is 0.402 e. The summed E-state index contributed by atoms with van der Waals surface area (Å²) in [5.74, 6) is 0.389. The number of H-pyrrole nitrogens is 1. The summed E-state index contributed by atoms with van der Waals surface area (Å²) in [6, 6.07) is 1.81. The van der Waals surface area contributed by atoms with E-state index < -0.39 is 10.1 Å². The summed E-state index contributed by atoms with van der Waals surface area (Å²) in [7, 11) is -4.21. The van der Waals surface area contributed by atoms with Crippen molar-refractivity contribution in [3.63, 3.8) is 0 Å². The zero-order valence-corrected chi connectivity index (χ0v) is 9.04. The van der Waals surface area contributed by atoms with Gasteiger partial charge >= 0.3 is 15.9 Å². The van der Waals surface area contributed by atoms with Crippen molar-refractivity contribution in [3.05, 3.63) is 23.7 Å². The molecule has 0 aliphatic carbocycles. The summed E-state index contributed by atoms with van der Waals surface area (Å²) in [6.07, 6.45) is 1.30. The lowest BCUT2D eigenvalue weighted by Gasteiger charge is -1.90. The number of hydrogen-bond acceptors (Lipinski definition) is 3. The third-order valence-corrected chi connectivity index (χ3v) is 2.83. The second-order valence-electron chi connectivity index (χ2n) is 3.33. The van der Waals surface area contributed by atoms with Crippen LogP contribution >= 0.6 is 0 Å². The molecule has 0 saturated heterocycles. The topological polar surface area (TPSA) is 87.1 Å². The minimum absolute atomic E-state index is 0.260. The highest BCUT2D eigenvalue weighted by molar-refractivity contribution is 7.85. The number of aromatic amines is 1. The summed E-state index contributed by atoms with van der Waals surface area (Å²) >= 11 is 0. The molecule has 2 rings (SSSR count). The molecular weight excluding hydrogens is 218 g/mol. The first-order chi connectivity index (χ1) is 6.88. The number of aryl methyl sites for hydroxylation is 2. The molecule has 0 spiro atoms. The number of rotatable bonds is 1. The van der Waals surface area contributed by atoms with Crippen LogP contribution in [0.5, 0.6) is 0 Å². The number of aromatic nitrogens is 3. The molecule has 0 unspecified atom stereocenters. The molecule has 0 aromatic carbocycles. The van der Waals surface area contributed by atoms with Crippen LogP contribution in [0.1, 0.15) is 11.4 Å². The average molecular weight is 228 g/mol. The van der Waals surface area contributed by atoms with Gasteiger partial charge in [-0.1, -0.05) is 4.98 Å². The van der Waals surface area contributed by atoms with Crippen molar-refractivity contribution < 1.29 is 17.4 Å². The van der Waals surface area contributed by atoms with Gasteiger partial charge < -0.3 is 0 Å². The van der Waals surface area contributed by atoms with Crippen molar-refractivity contribution >= 4 is 15.9 Å². The van der Waals surface area contributed by atoms with Gasteiger partial charge in [0, 0.05) is 6.07 Å². The number of nitrogens with zero attached hydrogens (tertiary/aromatic N) is 2. The van der Waals surface area contributed by atoms with Gasteiger partial charge in [-0.25, -0.2) is 9.38 Å². The fraction of sp³-hybridized carbons (Fsp3) is 0.250. The normalized spacial score (nSPS) is 12.2. The Morgan fingerprint density at radius 1 is 1.47 bits per heavy atom. The van der Waals surface area contributed by atoms with Crippen molar-refractivity contribution in [2.45, 2.75) is 18.9 Å². The summed E-state index contributed by atoms with van der Waals surface area (Å²) in [5.41, 5.74) is 1.61. The predicted octanol–water partition coefficient (Wildman–Crippen LogP) is 0.0119. The first-order valence-corrected chi connectivity index (χ1v) is 5.68. The van der Waals surface area contributed by atoms with Crippen LogP contribution in [0.15, 0.2) is 17.3 Å². The molecule has 2 heterocycles. The fourth-order valence-electron chi connectivity index (χ4n) is 1.43. The molecule has 0 atom stereocenters. The van der Waals surface area contributed by atoms with Crippen LogP contribution in [0.2, 0.25) is 0 Å². The van der Waals surface area contributed by atoms with Crippen LogP contribution < -0.4 is 4.40 Å². The van der Waals surface area contributed by atoms with Gasteiger partial charge in [-0.2, -0.15) is 8.42 Å². The summed E-state index contributed by atoms with van der Waals surface area (Å²) in [6.45, 7) is 3.63. The quantitative estimate of drug-likeness (QED) is 0.531. The third kappa shape index (κ3) is 1.71. The summed E-state index contributed by atoms with van der Waals surface area (Å²) < 4.78 is 32.2. The van der Waals surface area contributed by atoms with E-state index in [4.69, 9.17) is 4.55 Å². The monoisotopic (exact) mass is 228 g/mol. The molecule has 6 nitrogen and oxygen atoms in total. The van der Waals surface area contributed by atoms with Gasteiger partial charge in [0.1, 0.15) is 11.9 Å². The van der Waals surface area contributed by atoms with E-state index in [1.807, 2.05) is 13.0 Å². The molecule has 7 heteroatoms. The van der Waals surface area contributed by atoms with Gasteiger partial charge in [0.2, 0.25) is 0 Å². The zero-order valence-electron chi connectivity index (χ0n) is 8.22. The van der Waals surface area contributed by atoms with Crippen LogP contribution in [-0.4, -0.2) is 22.9 Å². The SMILES string of the molecule is Cc1cc(C)[n+]2cc(S(=O)(=O)O)[nH]c2n1. The number of fused-ring (bicyclic) bond motifs is 1. The summed E-state index contributed by atoms with van der Waals surface area (Å²) in [4.78, 5) is 6.63. The molecule has 80 valence electrons. The molecule has 0 radical (unpaired) electrons. The Bertz CT molecular complexity index is 630. The molecule has 0 bridgehead atoms. The Kier molecular flexibility index (Phi) is 2.02. The van der Waals surface area contributed by atoms with E-state index in [9.17, 15) is 8.42 Å². The van der Waals surface area contributed by atoms with Crippen LogP contribution in [0.4, 0.5) is 0 Å². The first-order valence-electron chi connectivity index (χ1n) is 4.24. The molecule has 0 saturated carbocycles. The maximum atomic E-state index is 10.9. The third-order valence-electron chi connectivity index (χ3n) is 2.07. The lowest BCUT2D eigenvalue weighted by molar-refractivity contribution is -0.521. The molecule has 2 aromatic rings. The number of hydrogen-bond donors (Lipinski definition) is 2. The van der Waals surface area contributed by atoms with Crippen LogP contribution in [0.25, 0.3) is 5.78 Å². The van der Waals surface area contributed by atoms with E-state index in [0.717, 1.165) is 11.4 Å². The highest BCUT2D eigenvalue weighted by Gasteiger charge is 2.20. The first kappa shape index (κ1) is 10.1. The number of imidazole rings is 1. The molecule has 0 fully saturated rings. The lowest BCUT2D eigenvalue weighted by Crippen LogP contribution is -2.24. The molecular formula is C8H10N3O3S+. The second kappa shape index (κ2) is 3.01. The molecule has 0 aliphatic rings. The van der Waals surface area contributed by atoms with Crippen molar-refractivity contribution in [3.8, 4) is 0 Å². The standard InChI is InChI=1S/C8H9N3O3S/c1-5-3-6(2)11-4-7(15(12,13)14)10-8(11)9-5/h3-4H,1-2H3,(H,12,13,14)/p+1. The van der Waals surface area contributed by atoms with E-state index in [1.165, 1.54) is 6.20 Å². The average Bonchev–Trinajstić information content (AvgIpc) is 2.46. The van der Waals surface area contributed by atoms with Crippen molar-refractivity contribution in [2.24, 2.45) is 0 Å². The van der Waals surface area contributed by atoms with E-state index in [0.29, 0.717) is 5.78 Å². The van der Waals surface area contributed by atoms with Gasteiger partial charge in [-0.3, -0.25) is 4.55 Å². The Morgan fingerprint density at radius 3 is 2.73 bits per heavy atom. The van der Waals surface area contributed by atoms with Gasteiger partial charge in [-0.15, -0.1) is 0 Å². The van der Waals surface area contributed by atoms with Gasteiger partial charge in [-0.05, 0) is 13.8 Å². The van der Waals surface area contributed by atoms with Gasteiger partial charge in [0.05, 0.1) is 5.69 Å². The highest BCUT2D eigenvalue weighted by atomic mass is 32.2. The molecule has 0 aliphatic heterocycles. The lowest BCUT2D eigenvalue weighted by atomic mass is 10.3. The van der Waals surface area contributed by atoms with Crippen molar-refractivity contribution in [1.29, 1.82) is 0 Å². The van der Waals surface area contributed by atoms with Crippen LogP contribution in [0.3, 0.4) is 0 Å². The molecule has 15 heavy (non-hydrogen) atoms. The van der Waals surface area contributed by atoms with E-state index >= 15 is 0 Å². The smallest absolute Gasteiger partial charge is 0.280 e. The Morgan fingerprint density at radius 2 is 2.13 bits per heavy atom. The van der Waals surface area contributed by atoms with Gasteiger partial charge in [0.15, 0.2) is 0 Å². The van der Waals surface area contributed by atoms with Crippen molar-refractivity contribution in [2.75, 3.05) is 0 Å². The molecule has 2 aromatic heterocycles. The Hall–Kier alpha value is -1.47. The molecule has 2 N–H and O–H groups in total. The molecule has 0 amide bonds. The fourth-order valence-corrected chi connectivity index (χ4v) is 1.89. The highest BCUT2D eigenvalue weighted by Crippen LogP contribution is 2.05. The van der Waals surface area contributed by atoms with Crippen LogP contribution in [0, 0.1) is 13.8 Å². The Balaban J connectivity index is 2.82. The van der Waals surface area contributed by atoms with E-state index in [2.05, 4.69) is 9.97 Å². The van der Waals surface area contributed by atoms with E-state index in [1.54, 1.807) is 11.3 Å². The number of nitrogens with one attached hydrogen (secondary N) is 1. The largest absolute Gasteiger partial charge is 0.402 e. The van der Waals surface area contributed by atoms with Crippen molar-refractivity contribution in [1.82, 2.24) is 9.97 Å².